The van der Waals surface area contributed by atoms with Gasteiger partial charge in [-0.25, -0.2) is 9.97 Å². The van der Waals surface area contributed by atoms with Crippen molar-refractivity contribution in [2.45, 2.75) is 19.0 Å². The van der Waals surface area contributed by atoms with Crippen LogP contribution in [-0.2, 0) is 6.54 Å². The van der Waals surface area contributed by atoms with Gasteiger partial charge in [-0.1, -0.05) is 0 Å². The van der Waals surface area contributed by atoms with Gasteiger partial charge in [0.25, 0.3) is 0 Å². The highest BCUT2D eigenvalue weighted by Crippen LogP contribution is 2.11. The van der Waals surface area contributed by atoms with Gasteiger partial charge in [-0.2, -0.15) is 0 Å². The second-order valence-electron chi connectivity index (χ2n) is 4.34. The molecule has 0 amide bonds. The highest BCUT2D eigenvalue weighted by Gasteiger charge is 2.19. The molecule has 0 aliphatic carbocycles. The topological polar surface area (TPSA) is 59.5 Å². The maximum absolute atomic E-state index is 5.87. The molecule has 0 saturated carbocycles. The molecular weight excluding hydrogens is 238 g/mol. The fraction of sp³-hybridized carbons (Fsp3) is 0.455. The third-order valence-corrected chi connectivity index (χ3v) is 2.98. The Morgan fingerprint density at radius 1 is 1.47 bits per heavy atom. The number of rotatable bonds is 2. The summed E-state index contributed by atoms with van der Waals surface area (Å²) in [6.07, 6.45) is 6.85. The molecule has 0 aromatic carbocycles. The number of imidazole rings is 1. The van der Waals surface area contributed by atoms with Crippen molar-refractivity contribution >= 4 is 18.2 Å². The molecule has 92 valence electrons. The first-order valence-electron chi connectivity index (χ1n) is 5.58. The van der Waals surface area contributed by atoms with Gasteiger partial charge in [0.05, 0.1) is 5.69 Å². The lowest BCUT2D eigenvalue weighted by atomic mass is 10.3. The molecule has 1 aliphatic heterocycles. The lowest BCUT2D eigenvalue weighted by molar-refractivity contribution is 0.323. The van der Waals surface area contributed by atoms with Gasteiger partial charge < -0.3 is 5.73 Å². The van der Waals surface area contributed by atoms with Crippen LogP contribution < -0.4 is 5.73 Å². The lowest BCUT2D eigenvalue weighted by Gasteiger charge is -2.12. The Morgan fingerprint density at radius 3 is 3.06 bits per heavy atom. The van der Waals surface area contributed by atoms with Gasteiger partial charge in [0, 0.05) is 44.3 Å². The van der Waals surface area contributed by atoms with E-state index in [9.17, 15) is 0 Å². The van der Waals surface area contributed by atoms with Crippen molar-refractivity contribution in [3.05, 3.63) is 30.4 Å². The average molecular weight is 254 g/mol. The molecule has 2 aromatic heterocycles. The number of halogens is 1. The van der Waals surface area contributed by atoms with E-state index >= 15 is 0 Å². The quantitative estimate of drug-likeness (QED) is 0.855. The number of fused-ring (bicyclic) bond motifs is 1. The Balaban J connectivity index is 0.00000108. The number of hydrogen-bond acceptors (Lipinski definition) is 4. The Morgan fingerprint density at radius 2 is 2.35 bits per heavy atom. The van der Waals surface area contributed by atoms with Gasteiger partial charge >= 0.3 is 0 Å². The van der Waals surface area contributed by atoms with Crippen LogP contribution in [-0.4, -0.2) is 38.4 Å². The largest absolute Gasteiger partial charge is 0.326 e. The summed E-state index contributed by atoms with van der Waals surface area (Å²) in [4.78, 5) is 11.0. The Labute approximate surface area is 106 Å². The van der Waals surface area contributed by atoms with Crippen LogP contribution in [0.2, 0.25) is 0 Å². The predicted octanol–water partition coefficient (Wildman–Crippen LogP) is 0.684. The number of nitrogens with two attached hydrogens (primary N) is 1. The minimum absolute atomic E-state index is 0. The molecule has 0 bridgehead atoms. The highest BCUT2D eigenvalue weighted by molar-refractivity contribution is 5.85. The highest BCUT2D eigenvalue weighted by atomic mass is 35.5. The third kappa shape index (κ3) is 2.57. The summed E-state index contributed by atoms with van der Waals surface area (Å²) >= 11 is 0. The number of hydrogen-bond donors (Lipinski definition) is 1. The molecule has 1 saturated heterocycles. The van der Waals surface area contributed by atoms with Crippen molar-refractivity contribution in [1.82, 2.24) is 19.3 Å². The third-order valence-electron chi connectivity index (χ3n) is 2.98. The van der Waals surface area contributed by atoms with Crippen molar-refractivity contribution < 1.29 is 0 Å². The Kier molecular flexibility index (Phi) is 3.61. The van der Waals surface area contributed by atoms with Gasteiger partial charge in [0.2, 0.25) is 5.78 Å². The zero-order valence-corrected chi connectivity index (χ0v) is 10.3. The van der Waals surface area contributed by atoms with Gasteiger partial charge in [-0.05, 0) is 12.5 Å². The van der Waals surface area contributed by atoms with E-state index in [0.29, 0.717) is 6.04 Å². The van der Waals surface area contributed by atoms with Crippen LogP contribution in [0.5, 0.6) is 0 Å². The maximum atomic E-state index is 5.87. The van der Waals surface area contributed by atoms with E-state index in [-0.39, 0.29) is 12.4 Å². The molecule has 0 spiro atoms. The summed E-state index contributed by atoms with van der Waals surface area (Å²) in [6.45, 7) is 2.92. The maximum Gasteiger partial charge on any atom is 0.233 e. The van der Waals surface area contributed by atoms with E-state index in [1.165, 1.54) is 0 Å². The molecule has 2 aromatic rings. The van der Waals surface area contributed by atoms with Crippen LogP contribution in [0.25, 0.3) is 5.78 Å². The summed E-state index contributed by atoms with van der Waals surface area (Å²) in [6, 6.07) is 2.24. The van der Waals surface area contributed by atoms with Crippen LogP contribution in [0.4, 0.5) is 0 Å². The first kappa shape index (κ1) is 12.3. The smallest absolute Gasteiger partial charge is 0.233 e. The second kappa shape index (κ2) is 5.00. The first-order valence-corrected chi connectivity index (χ1v) is 5.58. The van der Waals surface area contributed by atoms with Crippen molar-refractivity contribution in [3.63, 3.8) is 0 Å². The summed E-state index contributed by atoms with van der Waals surface area (Å²) in [5.41, 5.74) is 6.94. The van der Waals surface area contributed by atoms with E-state index < -0.39 is 0 Å². The van der Waals surface area contributed by atoms with Crippen molar-refractivity contribution in [2.24, 2.45) is 5.73 Å². The fourth-order valence-electron chi connectivity index (χ4n) is 2.19. The van der Waals surface area contributed by atoms with Gasteiger partial charge in [-0.3, -0.25) is 9.30 Å². The van der Waals surface area contributed by atoms with Crippen molar-refractivity contribution in [2.75, 3.05) is 13.1 Å². The summed E-state index contributed by atoms with van der Waals surface area (Å²) in [5, 5.41) is 0. The zero-order chi connectivity index (χ0) is 11.0. The van der Waals surface area contributed by atoms with E-state index in [0.717, 1.165) is 37.5 Å². The second-order valence-corrected chi connectivity index (χ2v) is 4.34. The number of nitrogens with zero attached hydrogens (tertiary/aromatic N) is 4. The molecule has 3 heterocycles. The van der Waals surface area contributed by atoms with E-state index in [4.69, 9.17) is 5.73 Å². The van der Waals surface area contributed by atoms with Gasteiger partial charge in [-0.15, -0.1) is 12.4 Å². The molecule has 1 fully saturated rings. The van der Waals surface area contributed by atoms with Crippen molar-refractivity contribution in [3.8, 4) is 0 Å². The van der Waals surface area contributed by atoms with E-state index in [1.807, 2.05) is 22.9 Å². The summed E-state index contributed by atoms with van der Waals surface area (Å²) < 4.78 is 1.95. The number of aromatic nitrogens is 3. The molecule has 5 nitrogen and oxygen atoms in total. The molecule has 6 heteroatoms. The molecule has 3 rings (SSSR count). The Hall–Kier alpha value is -1.17. The lowest BCUT2D eigenvalue weighted by Crippen LogP contribution is -2.26. The molecule has 1 aliphatic rings. The van der Waals surface area contributed by atoms with Gasteiger partial charge in [0.15, 0.2) is 0 Å². The van der Waals surface area contributed by atoms with Crippen LogP contribution in [0.15, 0.2) is 24.7 Å². The molecule has 1 unspecified atom stereocenters. The Bertz CT molecular complexity index is 464. The fourth-order valence-corrected chi connectivity index (χ4v) is 2.19. The summed E-state index contributed by atoms with van der Waals surface area (Å²) in [7, 11) is 0. The molecule has 17 heavy (non-hydrogen) atoms. The minimum Gasteiger partial charge on any atom is -0.326 e. The average Bonchev–Trinajstić information content (AvgIpc) is 2.84. The first-order chi connectivity index (χ1) is 7.81. The van der Waals surface area contributed by atoms with Crippen LogP contribution >= 0.6 is 12.4 Å². The zero-order valence-electron chi connectivity index (χ0n) is 9.49. The van der Waals surface area contributed by atoms with Crippen LogP contribution in [0, 0.1) is 0 Å². The van der Waals surface area contributed by atoms with Gasteiger partial charge in [0.1, 0.15) is 0 Å². The van der Waals surface area contributed by atoms with Crippen LogP contribution in [0.1, 0.15) is 12.1 Å². The molecular formula is C11H16ClN5. The van der Waals surface area contributed by atoms with Crippen molar-refractivity contribution in [1.29, 1.82) is 0 Å². The molecule has 2 N–H and O–H groups in total. The molecule has 1 atom stereocenters. The minimum atomic E-state index is 0. The molecule has 0 radical (unpaired) electrons. The number of likely N-dealkylation sites (tertiary alicyclic amines) is 1. The monoisotopic (exact) mass is 253 g/mol. The van der Waals surface area contributed by atoms with Crippen LogP contribution in [0.3, 0.4) is 0 Å². The van der Waals surface area contributed by atoms with E-state index in [1.54, 1.807) is 6.20 Å². The van der Waals surface area contributed by atoms with E-state index in [2.05, 4.69) is 14.9 Å². The predicted molar refractivity (Wildman–Crippen MR) is 68.1 cm³/mol. The standard InChI is InChI=1S/C11H15N5.ClH/c12-9-2-5-15(6-9)7-10-8-16-4-1-3-13-11(16)14-10;/h1,3-4,8-9H,2,5-7,12H2;1H. The summed E-state index contributed by atoms with van der Waals surface area (Å²) in [5.74, 6) is 0.765. The SMILES string of the molecule is Cl.NC1CCN(Cc2cn3cccnc3n2)C1. The normalized spacial score (nSPS) is 20.6.